The quantitative estimate of drug-likeness (QED) is 0.567. The van der Waals surface area contributed by atoms with Crippen molar-refractivity contribution in [2.24, 2.45) is 11.3 Å². The highest BCUT2D eigenvalue weighted by Crippen LogP contribution is 2.33. The van der Waals surface area contributed by atoms with E-state index in [-0.39, 0.29) is 10.8 Å². The van der Waals surface area contributed by atoms with Crippen molar-refractivity contribution in [1.29, 1.82) is 0 Å². The lowest BCUT2D eigenvalue weighted by Crippen LogP contribution is -2.19. The lowest BCUT2D eigenvalue weighted by molar-refractivity contribution is 0.198. The standard InChI is InChI=1S/C24H34O2/c1-18(2)16-25-21-12-8-19(9-13-21)24(6,7)20-10-14-22(15-11-20)26-17-23(3,4)5/h8-15,18H,16-17H2,1-7H3. The lowest BCUT2D eigenvalue weighted by atomic mass is 9.78. The van der Waals surface area contributed by atoms with E-state index in [4.69, 9.17) is 9.47 Å². The van der Waals surface area contributed by atoms with E-state index in [1.165, 1.54) is 11.1 Å². The summed E-state index contributed by atoms with van der Waals surface area (Å²) in [6, 6.07) is 17.0. The molecule has 0 heterocycles. The van der Waals surface area contributed by atoms with E-state index in [2.05, 4.69) is 97.0 Å². The molecule has 0 aromatic heterocycles. The van der Waals surface area contributed by atoms with Gasteiger partial charge in [0.05, 0.1) is 13.2 Å². The van der Waals surface area contributed by atoms with E-state index in [0.29, 0.717) is 12.5 Å². The molecular weight excluding hydrogens is 320 g/mol. The van der Waals surface area contributed by atoms with Gasteiger partial charge in [-0.2, -0.15) is 0 Å². The predicted molar refractivity (Wildman–Crippen MR) is 110 cm³/mol. The van der Waals surface area contributed by atoms with Gasteiger partial charge in [-0.05, 0) is 46.7 Å². The summed E-state index contributed by atoms with van der Waals surface area (Å²) in [4.78, 5) is 0. The third-order valence-corrected chi connectivity index (χ3v) is 4.41. The molecule has 0 amide bonds. The zero-order valence-electron chi connectivity index (χ0n) is 17.4. The van der Waals surface area contributed by atoms with Gasteiger partial charge in [0, 0.05) is 5.41 Å². The Hall–Kier alpha value is -1.96. The van der Waals surface area contributed by atoms with Gasteiger partial charge < -0.3 is 9.47 Å². The van der Waals surface area contributed by atoms with E-state index < -0.39 is 0 Å². The number of hydrogen-bond donors (Lipinski definition) is 0. The Labute approximate surface area is 159 Å². The monoisotopic (exact) mass is 354 g/mol. The Kier molecular flexibility index (Phi) is 6.39. The van der Waals surface area contributed by atoms with Crippen LogP contribution in [0.3, 0.4) is 0 Å². The molecule has 0 fully saturated rings. The smallest absolute Gasteiger partial charge is 0.119 e. The highest BCUT2D eigenvalue weighted by atomic mass is 16.5. The molecule has 0 radical (unpaired) electrons. The Morgan fingerprint density at radius 2 is 1.12 bits per heavy atom. The van der Waals surface area contributed by atoms with Crippen molar-refractivity contribution in [2.45, 2.75) is 53.9 Å². The third-order valence-electron chi connectivity index (χ3n) is 4.41. The van der Waals surface area contributed by atoms with Gasteiger partial charge in [0.1, 0.15) is 11.5 Å². The molecule has 2 aromatic rings. The molecule has 2 rings (SSSR count). The Bertz CT molecular complexity index is 674. The Morgan fingerprint density at radius 1 is 0.692 bits per heavy atom. The molecule has 0 aliphatic carbocycles. The fraction of sp³-hybridized carbons (Fsp3) is 0.500. The second-order valence-electron chi connectivity index (χ2n) is 9.23. The molecule has 0 N–H and O–H groups in total. The maximum absolute atomic E-state index is 5.89. The molecule has 0 aliphatic heterocycles. The summed E-state index contributed by atoms with van der Waals surface area (Å²) in [6.45, 7) is 16.8. The molecule has 26 heavy (non-hydrogen) atoms. The maximum Gasteiger partial charge on any atom is 0.119 e. The highest BCUT2D eigenvalue weighted by Gasteiger charge is 2.23. The van der Waals surface area contributed by atoms with E-state index in [1.807, 2.05) is 0 Å². The first-order valence-corrected chi connectivity index (χ1v) is 9.54. The molecule has 0 bridgehead atoms. The fourth-order valence-electron chi connectivity index (χ4n) is 2.67. The Balaban J connectivity index is 2.08. The van der Waals surface area contributed by atoms with Crippen LogP contribution in [-0.4, -0.2) is 13.2 Å². The average molecular weight is 355 g/mol. The summed E-state index contributed by atoms with van der Waals surface area (Å²) >= 11 is 0. The van der Waals surface area contributed by atoms with Crippen LogP contribution in [0.25, 0.3) is 0 Å². The van der Waals surface area contributed by atoms with Crippen molar-refractivity contribution in [3.63, 3.8) is 0 Å². The van der Waals surface area contributed by atoms with Crippen LogP contribution >= 0.6 is 0 Å². The van der Waals surface area contributed by atoms with Crippen LogP contribution in [0.4, 0.5) is 0 Å². The minimum absolute atomic E-state index is 0.0703. The molecule has 0 aliphatic rings. The normalized spacial score (nSPS) is 12.3. The van der Waals surface area contributed by atoms with Crippen LogP contribution in [0.5, 0.6) is 11.5 Å². The van der Waals surface area contributed by atoms with Crippen LogP contribution in [-0.2, 0) is 5.41 Å². The fourth-order valence-corrected chi connectivity index (χ4v) is 2.67. The first kappa shape index (κ1) is 20.4. The largest absolute Gasteiger partial charge is 0.493 e. The average Bonchev–Trinajstić information content (AvgIpc) is 2.58. The van der Waals surface area contributed by atoms with Crippen molar-refractivity contribution >= 4 is 0 Å². The van der Waals surface area contributed by atoms with Gasteiger partial charge in [0.2, 0.25) is 0 Å². The van der Waals surface area contributed by atoms with Crippen LogP contribution in [0.15, 0.2) is 48.5 Å². The van der Waals surface area contributed by atoms with Gasteiger partial charge >= 0.3 is 0 Å². The van der Waals surface area contributed by atoms with Crippen LogP contribution in [0, 0.1) is 11.3 Å². The van der Waals surface area contributed by atoms with Crippen molar-refractivity contribution in [1.82, 2.24) is 0 Å². The molecule has 0 atom stereocenters. The van der Waals surface area contributed by atoms with E-state index in [1.54, 1.807) is 0 Å². The molecule has 0 saturated carbocycles. The van der Waals surface area contributed by atoms with Crippen LogP contribution < -0.4 is 9.47 Å². The van der Waals surface area contributed by atoms with Crippen molar-refractivity contribution < 1.29 is 9.47 Å². The van der Waals surface area contributed by atoms with E-state index >= 15 is 0 Å². The minimum Gasteiger partial charge on any atom is -0.493 e. The van der Waals surface area contributed by atoms with Crippen molar-refractivity contribution in [2.75, 3.05) is 13.2 Å². The summed E-state index contributed by atoms with van der Waals surface area (Å²) in [6.07, 6.45) is 0. The van der Waals surface area contributed by atoms with Gasteiger partial charge in [-0.25, -0.2) is 0 Å². The van der Waals surface area contributed by atoms with Gasteiger partial charge in [-0.3, -0.25) is 0 Å². The SMILES string of the molecule is CC(C)COc1ccc(C(C)(C)c2ccc(OCC(C)(C)C)cc2)cc1. The molecule has 2 aromatic carbocycles. The van der Waals surface area contributed by atoms with E-state index in [0.717, 1.165) is 18.1 Å². The summed E-state index contributed by atoms with van der Waals surface area (Å²) in [5.41, 5.74) is 2.64. The number of rotatable bonds is 7. The first-order chi connectivity index (χ1) is 12.1. The maximum atomic E-state index is 5.89. The third kappa shape index (κ3) is 5.79. The highest BCUT2D eigenvalue weighted by molar-refractivity contribution is 5.41. The van der Waals surface area contributed by atoms with Crippen molar-refractivity contribution in [3.05, 3.63) is 59.7 Å². The summed E-state index contributed by atoms with van der Waals surface area (Å²) in [5.74, 6) is 2.39. The molecule has 2 nitrogen and oxygen atoms in total. The second kappa shape index (κ2) is 8.16. The van der Waals surface area contributed by atoms with Gasteiger partial charge in [0.25, 0.3) is 0 Å². The van der Waals surface area contributed by atoms with Crippen LogP contribution in [0.1, 0.15) is 59.6 Å². The topological polar surface area (TPSA) is 18.5 Å². The lowest BCUT2D eigenvalue weighted by Gasteiger charge is -2.27. The van der Waals surface area contributed by atoms with Gasteiger partial charge in [-0.1, -0.05) is 72.7 Å². The zero-order chi connectivity index (χ0) is 19.4. The number of ether oxygens (including phenoxy) is 2. The minimum atomic E-state index is -0.0703. The van der Waals surface area contributed by atoms with Gasteiger partial charge in [-0.15, -0.1) is 0 Å². The molecule has 0 saturated heterocycles. The molecular formula is C24H34O2. The first-order valence-electron chi connectivity index (χ1n) is 9.54. The summed E-state index contributed by atoms with van der Waals surface area (Å²) in [5, 5.41) is 0. The number of benzene rings is 2. The summed E-state index contributed by atoms with van der Waals surface area (Å²) in [7, 11) is 0. The molecule has 0 unspecified atom stereocenters. The molecule has 2 heteroatoms. The van der Waals surface area contributed by atoms with Gasteiger partial charge in [0.15, 0.2) is 0 Å². The second-order valence-corrected chi connectivity index (χ2v) is 9.23. The van der Waals surface area contributed by atoms with E-state index in [9.17, 15) is 0 Å². The molecule has 142 valence electrons. The molecule has 0 spiro atoms. The van der Waals surface area contributed by atoms with Crippen LogP contribution in [0.2, 0.25) is 0 Å². The zero-order valence-corrected chi connectivity index (χ0v) is 17.4. The number of hydrogen-bond acceptors (Lipinski definition) is 2. The van der Waals surface area contributed by atoms with Crippen molar-refractivity contribution in [3.8, 4) is 11.5 Å². The predicted octanol–water partition coefficient (Wildman–Crippen LogP) is 6.47. The summed E-state index contributed by atoms with van der Waals surface area (Å²) < 4.78 is 11.7. The Morgan fingerprint density at radius 3 is 1.50 bits per heavy atom.